The van der Waals surface area contributed by atoms with Gasteiger partial charge in [0.25, 0.3) is 5.91 Å². The van der Waals surface area contributed by atoms with E-state index in [1.165, 1.54) is 13.3 Å². The van der Waals surface area contributed by atoms with Gasteiger partial charge in [0.15, 0.2) is 5.78 Å². The molecule has 0 saturated heterocycles. The van der Waals surface area contributed by atoms with Gasteiger partial charge < -0.3 is 15.4 Å². The van der Waals surface area contributed by atoms with Crippen LogP contribution in [0, 0.1) is 0 Å². The zero-order chi connectivity index (χ0) is 19.2. The van der Waals surface area contributed by atoms with Crippen molar-refractivity contribution in [1.29, 1.82) is 0 Å². The third-order valence-corrected chi connectivity index (χ3v) is 3.81. The molecule has 0 radical (unpaired) electrons. The van der Waals surface area contributed by atoms with Crippen LogP contribution in [0.2, 0.25) is 0 Å². The summed E-state index contributed by atoms with van der Waals surface area (Å²) in [5.41, 5.74) is 2.19. The maximum Gasteiger partial charge on any atom is 0.274 e. The number of carbonyl (C=O) groups is 2. The molecule has 0 bridgehead atoms. The highest BCUT2D eigenvalue weighted by molar-refractivity contribution is 6.03. The van der Waals surface area contributed by atoms with Crippen molar-refractivity contribution in [3.8, 4) is 5.75 Å². The highest BCUT2D eigenvalue weighted by Crippen LogP contribution is 2.19. The van der Waals surface area contributed by atoms with Gasteiger partial charge in [-0.2, -0.15) is 0 Å². The van der Waals surface area contributed by atoms with Crippen LogP contribution in [0.25, 0.3) is 0 Å². The molecule has 2 N–H and O–H groups in total. The Morgan fingerprint density at radius 3 is 2.22 bits per heavy atom. The first kappa shape index (κ1) is 18.1. The Labute approximate surface area is 156 Å². The maximum absolute atomic E-state index is 12.4. The van der Waals surface area contributed by atoms with Crippen LogP contribution in [0.5, 0.6) is 5.75 Å². The van der Waals surface area contributed by atoms with Crippen molar-refractivity contribution >= 4 is 28.9 Å². The van der Waals surface area contributed by atoms with Gasteiger partial charge in [-0.3, -0.25) is 9.59 Å². The number of benzene rings is 2. The Bertz CT molecular complexity index is 954. The Morgan fingerprint density at radius 1 is 0.926 bits per heavy atom. The van der Waals surface area contributed by atoms with Crippen molar-refractivity contribution in [2.45, 2.75) is 6.92 Å². The molecule has 1 amide bonds. The Hall–Kier alpha value is -3.74. The number of nitrogens with one attached hydrogen (secondary N) is 2. The molecule has 7 nitrogen and oxygen atoms in total. The van der Waals surface area contributed by atoms with E-state index >= 15 is 0 Å². The molecule has 0 aliphatic carbocycles. The predicted molar refractivity (Wildman–Crippen MR) is 103 cm³/mol. The molecule has 0 aliphatic heterocycles. The van der Waals surface area contributed by atoms with E-state index in [1.54, 1.807) is 37.4 Å². The number of rotatable bonds is 6. The van der Waals surface area contributed by atoms with Gasteiger partial charge >= 0.3 is 0 Å². The number of aromatic nitrogens is 2. The van der Waals surface area contributed by atoms with Crippen molar-refractivity contribution in [3.63, 3.8) is 0 Å². The highest BCUT2D eigenvalue weighted by atomic mass is 16.5. The fourth-order valence-corrected chi connectivity index (χ4v) is 2.36. The summed E-state index contributed by atoms with van der Waals surface area (Å²) in [4.78, 5) is 31.9. The molecule has 2 aromatic carbocycles. The van der Waals surface area contributed by atoms with E-state index in [-0.39, 0.29) is 17.4 Å². The van der Waals surface area contributed by atoms with E-state index < -0.39 is 0 Å². The molecule has 3 aromatic rings. The van der Waals surface area contributed by atoms with Gasteiger partial charge in [0.05, 0.1) is 7.11 Å². The first-order valence-electron chi connectivity index (χ1n) is 8.20. The monoisotopic (exact) mass is 362 g/mol. The summed E-state index contributed by atoms with van der Waals surface area (Å²) >= 11 is 0. The summed E-state index contributed by atoms with van der Waals surface area (Å²) in [5, 5.41) is 5.86. The number of hydrogen-bond donors (Lipinski definition) is 2. The molecule has 7 heteroatoms. The van der Waals surface area contributed by atoms with Crippen LogP contribution in [0.1, 0.15) is 27.8 Å². The lowest BCUT2D eigenvalue weighted by atomic mass is 10.1. The van der Waals surface area contributed by atoms with Crippen LogP contribution >= 0.6 is 0 Å². The summed E-state index contributed by atoms with van der Waals surface area (Å²) in [7, 11) is 1.60. The number of ketones is 1. The number of anilines is 3. The van der Waals surface area contributed by atoms with Crippen molar-refractivity contribution in [1.82, 2.24) is 9.97 Å². The van der Waals surface area contributed by atoms with Crippen LogP contribution in [0.4, 0.5) is 17.2 Å². The fraction of sp³-hybridized carbons (Fsp3) is 0.100. The van der Waals surface area contributed by atoms with Gasteiger partial charge in [0.2, 0.25) is 0 Å². The van der Waals surface area contributed by atoms with E-state index in [0.29, 0.717) is 17.1 Å². The summed E-state index contributed by atoms with van der Waals surface area (Å²) in [6.07, 6.45) is 1.32. The average molecular weight is 362 g/mol. The highest BCUT2D eigenvalue weighted by Gasteiger charge is 2.10. The van der Waals surface area contributed by atoms with Gasteiger partial charge in [-0.1, -0.05) is 0 Å². The van der Waals surface area contributed by atoms with Crippen LogP contribution in [0.15, 0.2) is 60.9 Å². The van der Waals surface area contributed by atoms with Crippen LogP contribution in [-0.4, -0.2) is 28.8 Å². The maximum atomic E-state index is 12.4. The number of nitrogens with zero attached hydrogens (tertiary/aromatic N) is 2. The second-order valence-electron chi connectivity index (χ2n) is 5.73. The van der Waals surface area contributed by atoms with Crippen molar-refractivity contribution in [2.24, 2.45) is 0 Å². The molecule has 0 atom stereocenters. The SMILES string of the molecule is COc1ccc(Nc2cc(C(=O)Nc3ccc(C(C)=O)cc3)ncn2)cc1. The number of ether oxygens (including phenoxy) is 1. The molecule has 1 aromatic heterocycles. The Kier molecular flexibility index (Phi) is 5.41. The lowest BCUT2D eigenvalue weighted by molar-refractivity contribution is 0.101. The fourth-order valence-electron chi connectivity index (χ4n) is 2.36. The van der Waals surface area contributed by atoms with Gasteiger partial charge in [-0.05, 0) is 55.5 Å². The molecule has 0 unspecified atom stereocenters. The number of methoxy groups -OCH3 is 1. The zero-order valence-electron chi connectivity index (χ0n) is 14.9. The van der Waals surface area contributed by atoms with Crippen LogP contribution in [-0.2, 0) is 0 Å². The molecule has 0 aliphatic rings. The average Bonchev–Trinajstić information content (AvgIpc) is 2.69. The third kappa shape index (κ3) is 4.66. The molecule has 0 saturated carbocycles. The lowest BCUT2D eigenvalue weighted by Crippen LogP contribution is -2.14. The molecular formula is C20H18N4O3. The molecular weight excluding hydrogens is 344 g/mol. The molecule has 136 valence electrons. The third-order valence-electron chi connectivity index (χ3n) is 3.81. The van der Waals surface area contributed by atoms with Crippen LogP contribution in [0.3, 0.4) is 0 Å². The van der Waals surface area contributed by atoms with E-state index in [0.717, 1.165) is 11.4 Å². The number of carbonyl (C=O) groups excluding carboxylic acids is 2. The van der Waals surface area contributed by atoms with E-state index in [1.807, 2.05) is 24.3 Å². The molecule has 0 spiro atoms. The minimum Gasteiger partial charge on any atom is -0.497 e. The normalized spacial score (nSPS) is 10.1. The van der Waals surface area contributed by atoms with E-state index in [4.69, 9.17) is 4.74 Å². The Balaban J connectivity index is 1.70. The van der Waals surface area contributed by atoms with Gasteiger partial charge in [0.1, 0.15) is 23.6 Å². The van der Waals surface area contributed by atoms with Crippen molar-refractivity contribution < 1.29 is 14.3 Å². The topological polar surface area (TPSA) is 93.2 Å². The van der Waals surface area contributed by atoms with E-state index in [2.05, 4.69) is 20.6 Å². The first-order valence-corrected chi connectivity index (χ1v) is 8.20. The second-order valence-corrected chi connectivity index (χ2v) is 5.73. The number of hydrogen-bond acceptors (Lipinski definition) is 6. The Morgan fingerprint density at radius 2 is 1.59 bits per heavy atom. The molecule has 3 rings (SSSR count). The zero-order valence-corrected chi connectivity index (χ0v) is 14.9. The molecule has 27 heavy (non-hydrogen) atoms. The van der Waals surface area contributed by atoms with Gasteiger partial charge in [-0.25, -0.2) is 9.97 Å². The largest absolute Gasteiger partial charge is 0.497 e. The summed E-state index contributed by atoms with van der Waals surface area (Å²) < 4.78 is 5.12. The summed E-state index contributed by atoms with van der Waals surface area (Å²) in [6, 6.07) is 15.6. The quantitative estimate of drug-likeness (QED) is 0.650. The predicted octanol–water partition coefficient (Wildman–Crippen LogP) is 3.68. The summed E-state index contributed by atoms with van der Waals surface area (Å²) in [5.74, 6) is 0.843. The molecule has 1 heterocycles. The minimum absolute atomic E-state index is 0.0297. The lowest BCUT2D eigenvalue weighted by Gasteiger charge is -2.08. The van der Waals surface area contributed by atoms with Gasteiger partial charge in [0, 0.05) is 23.0 Å². The van der Waals surface area contributed by atoms with Gasteiger partial charge in [-0.15, -0.1) is 0 Å². The van der Waals surface area contributed by atoms with E-state index in [9.17, 15) is 9.59 Å². The summed E-state index contributed by atoms with van der Waals surface area (Å²) in [6.45, 7) is 1.49. The van der Waals surface area contributed by atoms with Crippen molar-refractivity contribution in [3.05, 3.63) is 72.2 Å². The van der Waals surface area contributed by atoms with Crippen LogP contribution < -0.4 is 15.4 Å². The second kappa shape index (κ2) is 8.09. The van der Waals surface area contributed by atoms with Crippen molar-refractivity contribution in [2.75, 3.05) is 17.7 Å². The number of Topliss-reactive ketones (excluding diaryl/α,β-unsaturated/α-hetero) is 1. The first-order chi connectivity index (χ1) is 13.0. The standard InChI is InChI=1S/C20H18N4O3/c1-13(25)14-3-5-16(6-4-14)24-20(26)18-11-19(22-12-21-18)23-15-7-9-17(27-2)10-8-15/h3-12H,1-2H3,(H,24,26)(H,21,22,23). The number of amides is 1. The molecule has 0 fully saturated rings. The minimum atomic E-state index is -0.370. The smallest absolute Gasteiger partial charge is 0.274 e.